The van der Waals surface area contributed by atoms with E-state index >= 15 is 0 Å². The number of fused-ring (bicyclic) bond motifs is 1. The quantitative estimate of drug-likeness (QED) is 0.382. The van der Waals surface area contributed by atoms with Crippen molar-refractivity contribution < 1.29 is 4.79 Å². The molecular weight excluding hydrogens is 344 g/mol. The number of hydrogen-bond donors (Lipinski definition) is 0. The first kappa shape index (κ1) is 18.4. The lowest BCUT2D eigenvalue weighted by atomic mass is 10.0. The third-order valence-electron chi connectivity index (χ3n) is 4.59. The van der Waals surface area contributed by atoms with E-state index in [1.54, 1.807) is 10.6 Å². The van der Waals surface area contributed by atoms with E-state index in [1.807, 2.05) is 64.1 Å². The Bertz CT molecular complexity index is 1040. The van der Waals surface area contributed by atoms with Gasteiger partial charge in [0.1, 0.15) is 0 Å². The number of nitrogens with zero attached hydrogens (tertiary/aromatic N) is 2. The predicted molar refractivity (Wildman–Crippen MR) is 107 cm³/mol. The van der Waals surface area contributed by atoms with Gasteiger partial charge in [-0.1, -0.05) is 36.0 Å². The Kier molecular flexibility index (Phi) is 5.28. The summed E-state index contributed by atoms with van der Waals surface area (Å²) in [5.41, 5.74) is 3.56. The van der Waals surface area contributed by atoms with Gasteiger partial charge in [0.15, 0.2) is 10.9 Å². The summed E-state index contributed by atoms with van der Waals surface area (Å²) in [7, 11) is 0. The van der Waals surface area contributed by atoms with E-state index < -0.39 is 0 Å². The van der Waals surface area contributed by atoms with Crippen LogP contribution in [-0.2, 0) is 6.54 Å². The third kappa shape index (κ3) is 3.44. The molecule has 0 unspecified atom stereocenters. The first-order valence-corrected chi connectivity index (χ1v) is 9.58. The first-order valence-electron chi connectivity index (χ1n) is 8.70. The van der Waals surface area contributed by atoms with Crippen molar-refractivity contribution in [2.45, 2.75) is 44.6 Å². The number of hydrogen-bond acceptors (Lipinski definition) is 4. The minimum atomic E-state index is -0.331. The molecular formula is C21H22N2O2S. The molecule has 4 nitrogen and oxygen atoms in total. The van der Waals surface area contributed by atoms with Crippen molar-refractivity contribution in [2.75, 3.05) is 0 Å². The first-order chi connectivity index (χ1) is 12.4. The second-order valence-electron chi connectivity index (χ2n) is 6.38. The number of Topliss-reactive ketones (excluding diaryl/α,β-unsaturated/α-hetero) is 1. The smallest absolute Gasteiger partial charge is 0.262 e. The van der Waals surface area contributed by atoms with Gasteiger partial charge in [-0.2, -0.15) is 0 Å². The highest BCUT2D eigenvalue weighted by Crippen LogP contribution is 2.25. The van der Waals surface area contributed by atoms with E-state index in [1.165, 1.54) is 11.8 Å². The molecule has 26 heavy (non-hydrogen) atoms. The fourth-order valence-corrected chi connectivity index (χ4v) is 3.91. The molecule has 0 saturated heterocycles. The van der Waals surface area contributed by atoms with Crippen molar-refractivity contribution in [3.8, 4) is 0 Å². The summed E-state index contributed by atoms with van der Waals surface area (Å²) in [6, 6.07) is 13.1. The number of rotatable bonds is 5. The Morgan fingerprint density at radius 2 is 1.88 bits per heavy atom. The van der Waals surface area contributed by atoms with Gasteiger partial charge in [-0.25, -0.2) is 4.98 Å². The second kappa shape index (κ2) is 7.46. The highest BCUT2D eigenvalue weighted by atomic mass is 32.2. The molecule has 134 valence electrons. The molecule has 0 spiro atoms. The Labute approximate surface area is 157 Å². The van der Waals surface area contributed by atoms with Crippen LogP contribution in [0.2, 0.25) is 0 Å². The maximum atomic E-state index is 12.8. The molecule has 3 aromatic rings. The molecule has 0 aliphatic rings. The van der Waals surface area contributed by atoms with Crippen LogP contribution in [0.4, 0.5) is 0 Å². The Morgan fingerprint density at radius 3 is 2.58 bits per heavy atom. The van der Waals surface area contributed by atoms with Crippen LogP contribution in [0.5, 0.6) is 0 Å². The molecule has 0 N–H and O–H groups in total. The minimum absolute atomic E-state index is 0.0446. The molecule has 0 amide bonds. The largest absolute Gasteiger partial charge is 0.293 e. The van der Waals surface area contributed by atoms with Crippen LogP contribution in [0.3, 0.4) is 0 Å². The van der Waals surface area contributed by atoms with Gasteiger partial charge in [0.05, 0.1) is 16.2 Å². The number of aryl methyl sites for hydroxylation is 2. The molecule has 5 heteroatoms. The summed E-state index contributed by atoms with van der Waals surface area (Å²) in [6.07, 6.45) is 0. The molecule has 0 saturated carbocycles. The summed E-state index contributed by atoms with van der Waals surface area (Å²) < 4.78 is 1.64. The van der Waals surface area contributed by atoms with Crippen LogP contribution in [-0.4, -0.2) is 20.6 Å². The summed E-state index contributed by atoms with van der Waals surface area (Å²) in [5.74, 6) is 0.0446. The molecule has 2 aromatic carbocycles. The third-order valence-corrected chi connectivity index (χ3v) is 5.68. The van der Waals surface area contributed by atoms with Gasteiger partial charge < -0.3 is 0 Å². The topological polar surface area (TPSA) is 52.0 Å². The van der Waals surface area contributed by atoms with Gasteiger partial charge in [0, 0.05) is 12.1 Å². The van der Waals surface area contributed by atoms with Gasteiger partial charge >= 0.3 is 0 Å². The Balaban J connectivity index is 1.96. The lowest BCUT2D eigenvalue weighted by Crippen LogP contribution is -2.24. The molecule has 0 aliphatic heterocycles. The summed E-state index contributed by atoms with van der Waals surface area (Å²) in [5, 5.41) is 0.857. The minimum Gasteiger partial charge on any atom is -0.293 e. The zero-order chi connectivity index (χ0) is 18.8. The number of para-hydroxylation sites is 1. The lowest BCUT2D eigenvalue weighted by molar-refractivity contribution is 0.0993. The Morgan fingerprint density at radius 1 is 1.15 bits per heavy atom. The van der Waals surface area contributed by atoms with Gasteiger partial charge in [0.2, 0.25) is 0 Å². The standard InChI is InChI=1S/C21H22N2O2S/c1-5-23-20(25)17-8-6-7-9-18(17)22-21(23)26-15(4)19(24)16-11-10-13(2)14(3)12-16/h6-12,15H,5H2,1-4H3/t15-/m1/s1. The number of carbonyl (C=O) groups excluding carboxylic acids is 1. The van der Waals surface area contributed by atoms with Crippen molar-refractivity contribution in [3.05, 3.63) is 69.5 Å². The number of carbonyl (C=O) groups is 1. The van der Waals surface area contributed by atoms with E-state index in [4.69, 9.17) is 0 Å². The molecule has 0 bridgehead atoms. The van der Waals surface area contributed by atoms with E-state index in [-0.39, 0.29) is 16.6 Å². The fraction of sp³-hybridized carbons (Fsp3) is 0.286. The molecule has 0 radical (unpaired) electrons. The van der Waals surface area contributed by atoms with E-state index in [0.717, 1.165) is 11.1 Å². The fourth-order valence-electron chi connectivity index (χ4n) is 2.86. The van der Waals surface area contributed by atoms with Crippen LogP contribution in [0.1, 0.15) is 35.3 Å². The summed E-state index contributed by atoms with van der Waals surface area (Å²) >= 11 is 1.34. The second-order valence-corrected chi connectivity index (χ2v) is 7.69. The number of thioether (sulfide) groups is 1. The maximum Gasteiger partial charge on any atom is 0.262 e. The highest BCUT2D eigenvalue weighted by Gasteiger charge is 2.20. The van der Waals surface area contributed by atoms with E-state index in [2.05, 4.69) is 4.98 Å². The Hall–Kier alpha value is -2.40. The van der Waals surface area contributed by atoms with Crippen molar-refractivity contribution in [1.29, 1.82) is 0 Å². The van der Waals surface area contributed by atoms with Crippen LogP contribution in [0.15, 0.2) is 52.4 Å². The number of aromatic nitrogens is 2. The van der Waals surface area contributed by atoms with Gasteiger partial charge in [-0.05, 0) is 57.0 Å². The summed E-state index contributed by atoms with van der Waals surface area (Å²) in [4.78, 5) is 30.2. The van der Waals surface area contributed by atoms with Crippen molar-refractivity contribution in [3.63, 3.8) is 0 Å². The van der Waals surface area contributed by atoms with Crippen LogP contribution in [0.25, 0.3) is 10.9 Å². The van der Waals surface area contributed by atoms with Crippen molar-refractivity contribution >= 4 is 28.4 Å². The molecule has 1 atom stereocenters. The van der Waals surface area contributed by atoms with Crippen molar-refractivity contribution in [2.24, 2.45) is 0 Å². The summed E-state index contributed by atoms with van der Waals surface area (Å²) in [6.45, 7) is 8.33. The zero-order valence-corrected chi connectivity index (χ0v) is 16.3. The average Bonchev–Trinajstić information content (AvgIpc) is 2.63. The predicted octanol–water partition coefficient (Wildman–Crippen LogP) is 4.40. The monoisotopic (exact) mass is 366 g/mol. The SMILES string of the molecule is CCn1c(S[C@H](C)C(=O)c2ccc(C)c(C)c2)nc2ccccc2c1=O. The lowest BCUT2D eigenvalue weighted by Gasteiger charge is -2.15. The van der Waals surface area contributed by atoms with Crippen LogP contribution in [0, 0.1) is 13.8 Å². The van der Waals surface area contributed by atoms with Crippen LogP contribution >= 0.6 is 11.8 Å². The van der Waals surface area contributed by atoms with Gasteiger partial charge in [-0.3, -0.25) is 14.2 Å². The normalized spacial score (nSPS) is 12.3. The highest BCUT2D eigenvalue weighted by molar-refractivity contribution is 8.00. The molecule has 3 rings (SSSR count). The number of benzene rings is 2. The molecule has 1 heterocycles. The molecule has 0 fully saturated rings. The van der Waals surface area contributed by atoms with E-state index in [0.29, 0.717) is 28.2 Å². The zero-order valence-electron chi connectivity index (χ0n) is 15.4. The van der Waals surface area contributed by atoms with Gasteiger partial charge in [-0.15, -0.1) is 0 Å². The maximum absolute atomic E-state index is 12.8. The molecule has 1 aromatic heterocycles. The van der Waals surface area contributed by atoms with Crippen molar-refractivity contribution in [1.82, 2.24) is 9.55 Å². The average molecular weight is 366 g/mol. The van der Waals surface area contributed by atoms with Gasteiger partial charge in [0.25, 0.3) is 5.56 Å². The van der Waals surface area contributed by atoms with Crippen LogP contribution < -0.4 is 5.56 Å². The molecule has 0 aliphatic carbocycles. The number of ketones is 1. The van der Waals surface area contributed by atoms with E-state index in [9.17, 15) is 9.59 Å².